The molecule has 0 fully saturated rings. The summed E-state index contributed by atoms with van der Waals surface area (Å²) >= 11 is 0. The fraction of sp³-hybridized carbons (Fsp3) is 0.500. The van der Waals surface area contributed by atoms with Gasteiger partial charge in [0.05, 0.1) is 7.11 Å². The molecule has 0 spiro atoms. The summed E-state index contributed by atoms with van der Waals surface area (Å²) in [6, 6.07) is 6.19. The van der Waals surface area contributed by atoms with Gasteiger partial charge in [-0.2, -0.15) is 0 Å². The highest BCUT2D eigenvalue weighted by atomic mass is 16.5. The van der Waals surface area contributed by atoms with Gasteiger partial charge < -0.3 is 20.1 Å². The normalized spacial score (nSPS) is 13.8. The van der Waals surface area contributed by atoms with Crippen LogP contribution in [0.5, 0.6) is 5.75 Å². The molecule has 110 valence electrons. The maximum absolute atomic E-state index is 8.77. The number of unbranched alkanes of at least 4 members (excludes halogenated alkanes) is 2. The van der Waals surface area contributed by atoms with E-state index in [4.69, 9.17) is 9.84 Å². The summed E-state index contributed by atoms with van der Waals surface area (Å²) in [5, 5.41) is 12.3. The number of likely N-dealkylation sites (N-methyl/N-ethyl adjacent to an activating group) is 1. The second-order valence-electron chi connectivity index (χ2n) is 5.09. The average molecular weight is 276 g/mol. The summed E-state index contributed by atoms with van der Waals surface area (Å²) < 4.78 is 5.30. The van der Waals surface area contributed by atoms with Crippen molar-refractivity contribution in [2.75, 3.05) is 38.8 Å². The number of anilines is 1. The van der Waals surface area contributed by atoms with Gasteiger partial charge >= 0.3 is 0 Å². The number of nitrogens with zero attached hydrogens (tertiary/aromatic N) is 1. The van der Waals surface area contributed by atoms with Crippen molar-refractivity contribution in [3.63, 3.8) is 0 Å². The molecule has 0 unspecified atom stereocenters. The largest absolute Gasteiger partial charge is 0.497 e. The molecular formula is C16H24N2O2. The van der Waals surface area contributed by atoms with Gasteiger partial charge in [-0.05, 0) is 37.5 Å². The Kier molecular flexibility index (Phi) is 5.30. The number of aliphatic hydroxyl groups is 1. The van der Waals surface area contributed by atoms with Gasteiger partial charge in [-0.3, -0.25) is 0 Å². The van der Waals surface area contributed by atoms with Crippen molar-refractivity contribution in [1.29, 1.82) is 0 Å². The van der Waals surface area contributed by atoms with Crippen LogP contribution in [0.1, 0.15) is 24.8 Å². The van der Waals surface area contributed by atoms with Gasteiger partial charge in [0.2, 0.25) is 0 Å². The summed E-state index contributed by atoms with van der Waals surface area (Å²) in [6.45, 7) is 2.14. The highest BCUT2D eigenvalue weighted by Gasteiger charge is 2.16. The highest BCUT2D eigenvalue weighted by molar-refractivity contribution is 5.80. The van der Waals surface area contributed by atoms with E-state index < -0.39 is 0 Å². The van der Waals surface area contributed by atoms with Crippen LogP contribution in [0.3, 0.4) is 0 Å². The Balaban J connectivity index is 2.02. The molecule has 1 aliphatic rings. The smallest absolute Gasteiger partial charge is 0.120 e. The molecule has 2 rings (SSSR count). The fourth-order valence-corrected chi connectivity index (χ4v) is 2.42. The SMILES string of the molecule is COc1ccc2c(c1)N(C)CC=C2NCCCCCO. The molecule has 0 atom stereocenters. The van der Waals surface area contributed by atoms with E-state index in [1.807, 2.05) is 6.07 Å². The van der Waals surface area contributed by atoms with Gasteiger partial charge in [-0.25, -0.2) is 0 Å². The number of hydrogen-bond acceptors (Lipinski definition) is 4. The minimum absolute atomic E-state index is 0.288. The second kappa shape index (κ2) is 7.20. The third kappa shape index (κ3) is 3.45. The average Bonchev–Trinajstić information content (AvgIpc) is 2.49. The predicted molar refractivity (Wildman–Crippen MR) is 83.2 cm³/mol. The number of methoxy groups -OCH3 is 1. The van der Waals surface area contributed by atoms with Crippen molar-refractivity contribution in [3.8, 4) is 5.75 Å². The Labute approximate surface area is 121 Å². The van der Waals surface area contributed by atoms with Gasteiger partial charge in [0.15, 0.2) is 0 Å². The first-order chi connectivity index (χ1) is 9.76. The first-order valence-corrected chi connectivity index (χ1v) is 7.20. The molecule has 2 N–H and O–H groups in total. The van der Waals surface area contributed by atoms with Gasteiger partial charge in [0, 0.05) is 49.8 Å². The van der Waals surface area contributed by atoms with E-state index >= 15 is 0 Å². The van der Waals surface area contributed by atoms with Crippen LogP contribution in [0.4, 0.5) is 5.69 Å². The molecule has 0 saturated heterocycles. The lowest BCUT2D eigenvalue weighted by molar-refractivity contribution is 0.283. The van der Waals surface area contributed by atoms with Gasteiger partial charge in [-0.1, -0.05) is 0 Å². The number of nitrogens with one attached hydrogen (secondary N) is 1. The zero-order valence-corrected chi connectivity index (χ0v) is 12.4. The molecule has 0 aromatic heterocycles. The van der Waals surface area contributed by atoms with Crippen molar-refractivity contribution in [1.82, 2.24) is 5.32 Å². The highest BCUT2D eigenvalue weighted by Crippen LogP contribution is 2.32. The summed E-state index contributed by atoms with van der Waals surface area (Å²) in [4.78, 5) is 2.22. The van der Waals surface area contributed by atoms with E-state index in [0.717, 1.165) is 38.1 Å². The number of ether oxygens (including phenoxy) is 1. The van der Waals surface area contributed by atoms with E-state index in [9.17, 15) is 0 Å². The van der Waals surface area contributed by atoms with Crippen molar-refractivity contribution in [2.24, 2.45) is 0 Å². The van der Waals surface area contributed by atoms with Crippen LogP contribution in [0, 0.1) is 0 Å². The number of aliphatic hydroxyl groups excluding tert-OH is 1. The Morgan fingerprint density at radius 1 is 1.30 bits per heavy atom. The van der Waals surface area contributed by atoms with Crippen LogP contribution in [-0.4, -0.2) is 39.0 Å². The number of hydrogen-bond donors (Lipinski definition) is 2. The molecular weight excluding hydrogens is 252 g/mol. The standard InChI is InChI=1S/C16H24N2O2/c1-18-10-8-15(17-9-4-3-5-11-19)14-7-6-13(20-2)12-16(14)18/h6-8,12,17,19H,3-5,9-11H2,1-2H3. The van der Waals surface area contributed by atoms with Crippen molar-refractivity contribution < 1.29 is 9.84 Å². The van der Waals surface area contributed by atoms with Gasteiger partial charge in [0.25, 0.3) is 0 Å². The van der Waals surface area contributed by atoms with Crippen LogP contribution < -0.4 is 15.0 Å². The topological polar surface area (TPSA) is 44.7 Å². The molecule has 0 radical (unpaired) electrons. The van der Waals surface area contributed by atoms with Crippen LogP contribution in [0.2, 0.25) is 0 Å². The molecule has 1 aromatic carbocycles. The molecule has 1 aliphatic heterocycles. The molecule has 0 aliphatic carbocycles. The molecule has 0 bridgehead atoms. The summed E-state index contributed by atoms with van der Waals surface area (Å²) in [7, 11) is 3.79. The number of fused-ring (bicyclic) bond motifs is 1. The third-order valence-electron chi connectivity index (χ3n) is 3.63. The summed E-state index contributed by atoms with van der Waals surface area (Å²) in [5.41, 5.74) is 3.62. The Morgan fingerprint density at radius 2 is 2.15 bits per heavy atom. The lowest BCUT2D eigenvalue weighted by atomic mass is 10.0. The van der Waals surface area contributed by atoms with Crippen molar-refractivity contribution in [2.45, 2.75) is 19.3 Å². The molecule has 4 nitrogen and oxygen atoms in total. The maximum atomic E-state index is 8.77. The molecule has 20 heavy (non-hydrogen) atoms. The zero-order valence-electron chi connectivity index (χ0n) is 12.4. The first kappa shape index (κ1) is 14.7. The lowest BCUT2D eigenvalue weighted by Gasteiger charge is -2.28. The molecule has 0 saturated carbocycles. The molecule has 1 aromatic rings. The quantitative estimate of drug-likeness (QED) is 0.750. The van der Waals surface area contributed by atoms with Crippen LogP contribution in [0.15, 0.2) is 24.3 Å². The Morgan fingerprint density at radius 3 is 2.90 bits per heavy atom. The summed E-state index contributed by atoms with van der Waals surface area (Å²) in [6.07, 6.45) is 5.25. The predicted octanol–water partition coefficient (Wildman–Crippen LogP) is 2.24. The van der Waals surface area contributed by atoms with E-state index in [1.165, 1.54) is 16.9 Å². The van der Waals surface area contributed by atoms with Crippen LogP contribution in [-0.2, 0) is 0 Å². The number of rotatable bonds is 7. The fourth-order valence-electron chi connectivity index (χ4n) is 2.42. The van der Waals surface area contributed by atoms with E-state index in [1.54, 1.807) is 7.11 Å². The monoisotopic (exact) mass is 276 g/mol. The van der Waals surface area contributed by atoms with Crippen molar-refractivity contribution in [3.05, 3.63) is 29.8 Å². The minimum Gasteiger partial charge on any atom is -0.497 e. The minimum atomic E-state index is 0.288. The van der Waals surface area contributed by atoms with E-state index in [0.29, 0.717) is 0 Å². The Hall–Kier alpha value is -1.68. The first-order valence-electron chi connectivity index (χ1n) is 7.20. The van der Waals surface area contributed by atoms with Crippen LogP contribution >= 0.6 is 0 Å². The molecule has 0 amide bonds. The lowest BCUT2D eigenvalue weighted by Crippen LogP contribution is -2.26. The molecule has 4 heteroatoms. The third-order valence-corrected chi connectivity index (χ3v) is 3.63. The van der Waals surface area contributed by atoms with Crippen LogP contribution in [0.25, 0.3) is 5.70 Å². The van der Waals surface area contributed by atoms with Gasteiger partial charge in [0.1, 0.15) is 5.75 Å². The maximum Gasteiger partial charge on any atom is 0.120 e. The molecule has 1 heterocycles. The van der Waals surface area contributed by atoms with Gasteiger partial charge in [-0.15, -0.1) is 0 Å². The number of benzene rings is 1. The zero-order chi connectivity index (χ0) is 14.4. The van der Waals surface area contributed by atoms with E-state index in [-0.39, 0.29) is 6.61 Å². The second-order valence-corrected chi connectivity index (χ2v) is 5.09. The van der Waals surface area contributed by atoms with Crippen molar-refractivity contribution >= 4 is 11.4 Å². The van der Waals surface area contributed by atoms with E-state index in [2.05, 4.69) is 35.5 Å². The summed E-state index contributed by atoms with van der Waals surface area (Å²) in [5.74, 6) is 0.889. The Bertz CT molecular complexity index is 472.